The first-order valence-electron chi connectivity index (χ1n) is 9.68. The van der Waals surface area contributed by atoms with Crippen LogP contribution >= 0.6 is 12.2 Å². The average molecular weight is 454 g/mol. The number of nitrogens with zero attached hydrogens (tertiary/aromatic N) is 1. The van der Waals surface area contributed by atoms with E-state index in [0.717, 1.165) is 5.56 Å². The second-order valence-corrected chi connectivity index (χ2v) is 9.07. The monoisotopic (exact) mass is 453 g/mol. The highest BCUT2D eigenvalue weighted by Gasteiger charge is 2.23. The number of carbonyl (C=O) groups is 1. The largest absolute Gasteiger partial charge is 0.332 e. The molecule has 3 rings (SSSR count). The van der Waals surface area contributed by atoms with Crippen LogP contribution in [-0.2, 0) is 10.0 Å². The van der Waals surface area contributed by atoms with Gasteiger partial charge in [0.25, 0.3) is 15.9 Å². The van der Waals surface area contributed by atoms with Gasteiger partial charge in [-0.25, -0.2) is 8.42 Å². The van der Waals surface area contributed by atoms with E-state index in [1.165, 1.54) is 16.4 Å². The number of nitrogens with one attached hydrogen (secondary N) is 2. The number of carbonyl (C=O) groups excluding carboxylic acids is 1. The van der Waals surface area contributed by atoms with Gasteiger partial charge in [-0.1, -0.05) is 35.9 Å². The molecule has 0 aliphatic carbocycles. The summed E-state index contributed by atoms with van der Waals surface area (Å²) in [4.78, 5) is 12.4. The number of aryl methyl sites for hydroxylation is 1. The molecule has 3 aromatic carbocycles. The first kappa shape index (κ1) is 22.5. The van der Waals surface area contributed by atoms with Crippen LogP contribution in [0.5, 0.6) is 0 Å². The molecule has 0 aliphatic rings. The topological polar surface area (TPSA) is 78.5 Å². The van der Waals surface area contributed by atoms with E-state index in [2.05, 4.69) is 10.6 Å². The van der Waals surface area contributed by atoms with Crippen LogP contribution in [0.4, 0.5) is 11.4 Å². The minimum atomic E-state index is -3.71. The minimum Gasteiger partial charge on any atom is -0.332 e. The second kappa shape index (κ2) is 9.72. The Hall–Kier alpha value is -3.23. The van der Waals surface area contributed by atoms with Crippen molar-refractivity contribution in [1.82, 2.24) is 5.32 Å². The van der Waals surface area contributed by atoms with Gasteiger partial charge < -0.3 is 5.32 Å². The third kappa shape index (κ3) is 5.48. The van der Waals surface area contributed by atoms with Crippen molar-refractivity contribution in [3.05, 3.63) is 90.0 Å². The van der Waals surface area contributed by atoms with Gasteiger partial charge in [-0.15, -0.1) is 0 Å². The van der Waals surface area contributed by atoms with Crippen LogP contribution in [0.3, 0.4) is 0 Å². The second-order valence-electron chi connectivity index (χ2n) is 6.80. The van der Waals surface area contributed by atoms with Crippen molar-refractivity contribution in [2.45, 2.75) is 18.7 Å². The molecule has 160 valence electrons. The van der Waals surface area contributed by atoms with Crippen LogP contribution in [0, 0.1) is 6.92 Å². The molecule has 0 bridgehead atoms. The number of benzene rings is 3. The SMILES string of the molecule is CCN(c1ccccc1)S(=O)(=O)c1ccc(NC(=S)NC(=O)c2ccc(C)cc2)cc1. The highest BCUT2D eigenvalue weighted by Crippen LogP contribution is 2.24. The van der Waals surface area contributed by atoms with E-state index in [9.17, 15) is 13.2 Å². The summed E-state index contributed by atoms with van der Waals surface area (Å²) in [7, 11) is -3.71. The van der Waals surface area contributed by atoms with Crippen LogP contribution in [0.25, 0.3) is 0 Å². The van der Waals surface area contributed by atoms with Gasteiger partial charge in [0.05, 0.1) is 10.6 Å². The van der Waals surface area contributed by atoms with E-state index in [1.54, 1.807) is 55.5 Å². The summed E-state index contributed by atoms with van der Waals surface area (Å²) in [6.45, 7) is 4.04. The molecule has 1 amide bonds. The summed E-state index contributed by atoms with van der Waals surface area (Å²) in [5.41, 5.74) is 2.72. The lowest BCUT2D eigenvalue weighted by Gasteiger charge is -2.23. The highest BCUT2D eigenvalue weighted by molar-refractivity contribution is 7.92. The molecule has 0 radical (unpaired) electrons. The quantitative estimate of drug-likeness (QED) is 0.543. The van der Waals surface area contributed by atoms with E-state index >= 15 is 0 Å². The van der Waals surface area contributed by atoms with Crippen LogP contribution in [-0.4, -0.2) is 26.0 Å². The fraction of sp³-hybridized carbons (Fsp3) is 0.130. The van der Waals surface area contributed by atoms with Crippen molar-refractivity contribution in [2.24, 2.45) is 0 Å². The first-order chi connectivity index (χ1) is 14.8. The van der Waals surface area contributed by atoms with E-state index in [-0.39, 0.29) is 15.9 Å². The molecule has 6 nitrogen and oxygen atoms in total. The highest BCUT2D eigenvalue weighted by atomic mass is 32.2. The minimum absolute atomic E-state index is 0.126. The number of amides is 1. The molecule has 0 atom stereocenters. The molecule has 0 saturated carbocycles. The number of para-hydroxylation sites is 1. The van der Waals surface area contributed by atoms with Crippen LogP contribution in [0.15, 0.2) is 83.8 Å². The van der Waals surface area contributed by atoms with E-state index in [1.807, 2.05) is 25.1 Å². The summed E-state index contributed by atoms with van der Waals surface area (Å²) < 4.78 is 27.4. The van der Waals surface area contributed by atoms with E-state index in [4.69, 9.17) is 12.2 Å². The molecule has 0 heterocycles. The zero-order valence-electron chi connectivity index (χ0n) is 17.2. The number of hydrogen-bond acceptors (Lipinski definition) is 4. The summed E-state index contributed by atoms with van der Waals surface area (Å²) in [5.74, 6) is -0.321. The van der Waals surface area contributed by atoms with Gasteiger partial charge in [-0.05, 0) is 74.6 Å². The molecule has 8 heteroatoms. The molecule has 31 heavy (non-hydrogen) atoms. The van der Waals surface area contributed by atoms with Crippen molar-refractivity contribution in [3.63, 3.8) is 0 Å². The molecular formula is C23H23N3O3S2. The Bertz CT molecular complexity index is 1160. The van der Waals surface area contributed by atoms with Crippen molar-refractivity contribution in [2.75, 3.05) is 16.2 Å². The molecule has 0 spiro atoms. The Balaban J connectivity index is 1.68. The van der Waals surface area contributed by atoms with Gasteiger partial charge in [-0.2, -0.15) is 0 Å². The first-order valence-corrected chi connectivity index (χ1v) is 11.5. The average Bonchev–Trinajstić information content (AvgIpc) is 2.75. The molecule has 0 aliphatic heterocycles. The number of anilines is 2. The van der Waals surface area contributed by atoms with E-state index < -0.39 is 10.0 Å². The van der Waals surface area contributed by atoms with Gasteiger partial charge >= 0.3 is 0 Å². The van der Waals surface area contributed by atoms with Gasteiger partial charge in [0.1, 0.15) is 0 Å². The normalized spacial score (nSPS) is 10.9. The van der Waals surface area contributed by atoms with Gasteiger partial charge in [0.15, 0.2) is 5.11 Å². The maximum Gasteiger partial charge on any atom is 0.264 e. The Morgan fingerprint density at radius 2 is 1.55 bits per heavy atom. The van der Waals surface area contributed by atoms with Gasteiger partial charge in [0.2, 0.25) is 0 Å². The lowest BCUT2D eigenvalue weighted by Crippen LogP contribution is -2.34. The van der Waals surface area contributed by atoms with Gasteiger partial charge in [-0.3, -0.25) is 14.4 Å². The standard InChI is InChI=1S/C23H23N3O3S2/c1-3-26(20-7-5-4-6-8-20)31(28,29)21-15-13-19(14-16-21)24-23(30)25-22(27)18-11-9-17(2)10-12-18/h4-16H,3H2,1-2H3,(H2,24,25,27,30). The van der Waals surface area contributed by atoms with Crippen molar-refractivity contribution < 1.29 is 13.2 Å². The number of hydrogen-bond donors (Lipinski definition) is 2. The molecular weight excluding hydrogens is 430 g/mol. The van der Waals surface area contributed by atoms with Crippen molar-refractivity contribution >= 4 is 44.6 Å². The predicted molar refractivity (Wildman–Crippen MR) is 128 cm³/mol. The van der Waals surface area contributed by atoms with Crippen molar-refractivity contribution in [3.8, 4) is 0 Å². The Labute approximate surface area is 188 Å². The third-order valence-corrected chi connectivity index (χ3v) is 6.69. The number of thiocarbonyl (C=S) groups is 1. The Morgan fingerprint density at radius 3 is 2.13 bits per heavy atom. The zero-order chi connectivity index (χ0) is 22.4. The molecule has 0 aromatic heterocycles. The maximum atomic E-state index is 13.0. The molecule has 2 N–H and O–H groups in total. The predicted octanol–water partition coefficient (Wildman–Crippen LogP) is 4.34. The van der Waals surface area contributed by atoms with Gasteiger partial charge in [0, 0.05) is 17.8 Å². The molecule has 0 fully saturated rings. The molecule has 0 saturated heterocycles. The van der Waals surface area contributed by atoms with Crippen LogP contribution in [0.1, 0.15) is 22.8 Å². The molecule has 3 aromatic rings. The van der Waals surface area contributed by atoms with Crippen LogP contribution < -0.4 is 14.9 Å². The number of rotatable bonds is 6. The fourth-order valence-electron chi connectivity index (χ4n) is 2.97. The van der Waals surface area contributed by atoms with E-state index in [0.29, 0.717) is 23.5 Å². The maximum absolute atomic E-state index is 13.0. The Morgan fingerprint density at radius 1 is 0.935 bits per heavy atom. The smallest absolute Gasteiger partial charge is 0.264 e. The third-order valence-electron chi connectivity index (χ3n) is 4.57. The summed E-state index contributed by atoms with van der Waals surface area (Å²) in [6, 6.07) is 22.3. The lowest BCUT2D eigenvalue weighted by molar-refractivity contribution is 0.0977. The number of sulfonamides is 1. The zero-order valence-corrected chi connectivity index (χ0v) is 18.8. The lowest BCUT2D eigenvalue weighted by atomic mass is 10.1. The summed E-state index contributed by atoms with van der Waals surface area (Å²) in [6.07, 6.45) is 0. The van der Waals surface area contributed by atoms with Crippen LogP contribution in [0.2, 0.25) is 0 Å². The summed E-state index contributed by atoms with van der Waals surface area (Å²) in [5, 5.41) is 5.64. The fourth-order valence-corrected chi connectivity index (χ4v) is 4.65. The Kier molecular flexibility index (Phi) is 7.04. The molecule has 0 unspecified atom stereocenters. The summed E-state index contributed by atoms with van der Waals surface area (Å²) >= 11 is 5.20. The van der Waals surface area contributed by atoms with Crippen molar-refractivity contribution in [1.29, 1.82) is 0 Å².